The second kappa shape index (κ2) is 7.35. The van der Waals surface area contributed by atoms with E-state index in [1.165, 1.54) is 0 Å². The molecule has 0 aliphatic heterocycles. The Morgan fingerprint density at radius 3 is 2.15 bits per heavy atom. The van der Waals surface area contributed by atoms with Gasteiger partial charge in [-0.2, -0.15) is 8.42 Å². The van der Waals surface area contributed by atoms with E-state index in [0.717, 1.165) is 5.69 Å². The van der Waals surface area contributed by atoms with Crippen molar-refractivity contribution in [3.63, 3.8) is 0 Å². The molecule has 20 heavy (non-hydrogen) atoms. The molecule has 1 aromatic rings. The third-order valence-corrected chi connectivity index (χ3v) is 3.72. The van der Waals surface area contributed by atoms with Gasteiger partial charge in [0.25, 0.3) is 10.1 Å². The Morgan fingerprint density at radius 1 is 1.20 bits per heavy atom. The monoisotopic (exact) mass is 305 g/mol. The molecule has 7 heteroatoms. The minimum absolute atomic E-state index is 0. The number of rotatable bonds is 8. The van der Waals surface area contributed by atoms with Crippen molar-refractivity contribution in [3.05, 3.63) is 18.2 Å². The maximum atomic E-state index is 10.7. The van der Waals surface area contributed by atoms with Gasteiger partial charge in [0.1, 0.15) is 11.5 Å². The largest absolute Gasteiger partial charge is 0.497 e. The molecule has 1 rings (SSSR count). The second-order valence-electron chi connectivity index (χ2n) is 4.29. The lowest BCUT2D eigenvalue weighted by atomic mass is 10.2. The smallest absolute Gasteiger partial charge is 0.264 e. The number of methoxy groups -OCH3 is 2. The number of hydrogen-bond donors (Lipinski definition) is 1. The van der Waals surface area contributed by atoms with Crippen LogP contribution in [0.3, 0.4) is 0 Å². The summed E-state index contributed by atoms with van der Waals surface area (Å²) in [6.45, 7) is 3.20. The molecule has 6 nitrogen and oxygen atoms in total. The molecule has 0 fully saturated rings. The molecule has 0 saturated carbocycles. The van der Waals surface area contributed by atoms with Gasteiger partial charge in [-0.3, -0.25) is 4.55 Å². The molecular weight excluding hydrogens is 282 g/mol. The van der Waals surface area contributed by atoms with Crippen molar-refractivity contribution in [1.29, 1.82) is 0 Å². The summed E-state index contributed by atoms with van der Waals surface area (Å²) in [5.41, 5.74) is 0.888. The van der Waals surface area contributed by atoms with Crippen molar-refractivity contribution < 1.29 is 23.9 Å². The minimum atomic E-state index is -3.91. The molecule has 0 unspecified atom stereocenters. The van der Waals surface area contributed by atoms with Crippen LogP contribution in [-0.4, -0.2) is 46.0 Å². The number of nitrogens with zero attached hydrogens (tertiary/aromatic N) is 1. The highest BCUT2D eigenvalue weighted by Gasteiger charge is 2.10. The van der Waals surface area contributed by atoms with Crippen molar-refractivity contribution in [3.8, 4) is 11.5 Å². The lowest BCUT2D eigenvalue weighted by Gasteiger charge is -2.24. The molecule has 1 aromatic carbocycles. The van der Waals surface area contributed by atoms with Crippen molar-refractivity contribution in [2.75, 3.05) is 38.0 Å². The highest BCUT2D eigenvalue weighted by molar-refractivity contribution is 7.85. The van der Waals surface area contributed by atoms with Crippen molar-refractivity contribution in [1.82, 2.24) is 0 Å². The van der Waals surface area contributed by atoms with E-state index in [1.54, 1.807) is 20.3 Å². The Kier molecular flexibility index (Phi) is 6.09. The highest BCUT2D eigenvalue weighted by atomic mass is 32.2. The molecule has 0 aromatic heterocycles. The molecule has 0 heterocycles. The van der Waals surface area contributed by atoms with E-state index < -0.39 is 10.1 Å². The molecule has 0 saturated heterocycles. The average Bonchev–Trinajstić information content (AvgIpc) is 2.41. The lowest BCUT2D eigenvalue weighted by molar-refractivity contribution is 0.394. The van der Waals surface area contributed by atoms with E-state index in [4.69, 9.17) is 14.0 Å². The van der Waals surface area contributed by atoms with Gasteiger partial charge in [0.2, 0.25) is 0 Å². The summed E-state index contributed by atoms with van der Waals surface area (Å²) in [5, 5.41) is 0. The van der Waals surface area contributed by atoms with Crippen LogP contribution in [-0.2, 0) is 10.1 Å². The Hall–Kier alpha value is -1.47. The van der Waals surface area contributed by atoms with E-state index in [1.807, 2.05) is 24.0 Å². The zero-order valence-corrected chi connectivity index (χ0v) is 12.8. The van der Waals surface area contributed by atoms with Crippen LogP contribution < -0.4 is 14.4 Å². The zero-order valence-electron chi connectivity index (χ0n) is 12.0. The maximum Gasteiger partial charge on any atom is 0.264 e. The number of ether oxygens (including phenoxy) is 2. The van der Waals surface area contributed by atoms with Crippen molar-refractivity contribution >= 4 is 15.8 Å². The van der Waals surface area contributed by atoms with Gasteiger partial charge in [-0.1, -0.05) is 0 Å². The van der Waals surface area contributed by atoms with Gasteiger partial charge in [0, 0.05) is 38.4 Å². The quantitative estimate of drug-likeness (QED) is 0.741. The minimum Gasteiger partial charge on any atom is -0.497 e. The molecule has 0 atom stereocenters. The second-order valence-corrected chi connectivity index (χ2v) is 5.86. The van der Waals surface area contributed by atoms with Gasteiger partial charge >= 0.3 is 0 Å². The van der Waals surface area contributed by atoms with Crippen LogP contribution in [0, 0.1) is 0 Å². The first-order chi connectivity index (χ1) is 9.39. The fraction of sp³-hybridized carbons (Fsp3) is 0.538. The van der Waals surface area contributed by atoms with Crippen LogP contribution in [0.4, 0.5) is 5.69 Å². The van der Waals surface area contributed by atoms with Gasteiger partial charge in [0.05, 0.1) is 20.0 Å². The first-order valence-electron chi connectivity index (χ1n) is 6.32. The van der Waals surface area contributed by atoms with Crippen LogP contribution >= 0.6 is 0 Å². The van der Waals surface area contributed by atoms with Crippen LogP contribution in [0.25, 0.3) is 0 Å². The number of anilines is 1. The van der Waals surface area contributed by atoms with Gasteiger partial charge in [-0.05, 0) is 13.3 Å². The topological polar surface area (TPSA) is 76.1 Å². The van der Waals surface area contributed by atoms with E-state index in [-0.39, 0.29) is 7.18 Å². The predicted octanol–water partition coefficient (Wildman–Crippen LogP) is 2.05. The third-order valence-electron chi connectivity index (χ3n) is 2.91. The first kappa shape index (κ1) is 16.6. The van der Waals surface area contributed by atoms with Crippen LogP contribution in [0.15, 0.2) is 18.2 Å². The predicted molar refractivity (Wildman–Crippen MR) is 80.6 cm³/mol. The summed E-state index contributed by atoms with van der Waals surface area (Å²) in [5.74, 6) is 1.10. The molecule has 0 spiro atoms. The fourth-order valence-electron chi connectivity index (χ4n) is 1.88. The zero-order chi connectivity index (χ0) is 15.2. The van der Waals surface area contributed by atoms with Gasteiger partial charge in [-0.25, -0.2) is 0 Å². The molecule has 0 aliphatic rings. The Labute approximate surface area is 121 Å². The van der Waals surface area contributed by atoms with Gasteiger partial charge < -0.3 is 14.4 Å². The van der Waals surface area contributed by atoms with E-state index in [9.17, 15) is 8.42 Å². The molecular formula is C13H23NO5S. The lowest BCUT2D eigenvalue weighted by Crippen LogP contribution is -2.25. The standard InChI is InChI=1S/C13H21NO5S.H2/c1-4-14(6-5-7-20(15,16)17)11-8-12(18-2)10-13(9-11)19-3;/h8-10H,4-7H2,1-3H3,(H,15,16,17);1H. The van der Waals surface area contributed by atoms with Crippen molar-refractivity contribution in [2.45, 2.75) is 13.3 Å². The summed E-state index contributed by atoms with van der Waals surface area (Å²) >= 11 is 0. The van der Waals surface area contributed by atoms with Crippen LogP contribution in [0.5, 0.6) is 11.5 Å². The van der Waals surface area contributed by atoms with E-state index in [2.05, 4.69) is 0 Å². The highest BCUT2D eigenvalue weighted by Crippen LogP contribution is 2.28. The Morgan fingerprint density at radius 2 is 1.75 bits per heavy atom. The molecule has 0 radical (unpaired) electrons. The molecule has 0 aliphatic carbocycles. The third kappa shape index (κ3) is 5.26. The average molecular weight is 305 g/mol. The van der Waals surface area contributed by atoms with Gasteiger partial charge in [0.15, 0.2) is 0 Å². The normalized spacial score (nSPS) is 11.2. The molecule has 1 N–H and O–H groups in total. The van der Waals surface area contributed by atoms with Crippen LogP contribution in [0.2, 0.25) is 0 Å². The van der Waals surface area contributed by atoms with E-state index >= 15 is 0 Å². The Bertz CT molecular complexity index is 513. The van der Waals surface area contributed by atoms with Crippen molar-refractivity contribution in [2.24, 2.45) is 0 Å². The van der Waals surface area contributed by atoms with Crippen LogP contribution in [0.1, 0.15) is 14.8 Å². The molecule has 0 amide bonds. The summed E-state index contributed by atoms with van der Waals surface area (Å²) < 4.78 is 40.6. The summed E-state index contributed by atoms with van der Waals surface area (Å²) in [7, 11) is -0.759. The maximum absolute atomic E-state index is 10.7. The summed E-state index contributed by atoms with van der Waals surface area (Å²) in [6.07, 6.45) is 0.353. The number of hydrogen-bond acceptors (Lipinski definition) is 5. The molecule has 116 valence electrons. The molecule has 0 bridgehead atoms. The van der Waals surface area contributed by atoms with Gasteiger partial charge in [-0.15, -0.1) is 0 Å². The fourth-order valence-corrected chi connectivity index (χ4v) is 2.38. The Balaban J connectivity index is 0.00000400. The number of benzene rings is 1. The SMILES string of the molecule is CCN(CCCS(=O)(=O)O)c1cc(OC)cc(OC)c1.[HH]. The first-order valence-corrected chi connectivity index (χ1v) is 7.93. The summed E-state index contributed by atoms with van der Waals surface area (Å²) in [4.78, 5) is 2.00. The summed E-state index contributed by atoms with van der Waals surface area (Å²) in [6, 6.07) is 5.49. The van der Waals surface area contributed by atoms with E-state index in [0.29, 0.717) is 31.0 Å².